The molecule has 4 heterocycles. The van der Waals surface area contributed by atoms with Gasteiger partial charge >= 0.3 is 5.97 Å². The lowest BCUT2D eigenvalue weighted by Gasteiger charge is -2.60. The molecule has 1 amide bonds. The molecule has 7 rings (SSSR count). The quantitative estimate of drug-likeness (QED) is 0.283. The fraction of sp³-hybridized carbons (Fsp3) is 0.432. The number of ether oxygens (including phenoxy) is 4. The Balaban J connectivity index is 1.37. The number of aromatic hydroxyl groups is 1. The van der Waals surface area contributed by atoms with E-state index < -0.39 is 18.1 Å². The van der Waals surface area contributed by atoms with Crippen LogP contribution in [0.1, 0.15) is 64.4 Å². The molecule has 0 radical (unpaired) electrons. The van der Waals surface area contributed by atoms with Gasteiger partial charge in [0.1, 0.15) is 11.8 Å². The minimum atomic E-state index is -0.565. The minimum Gasteiger partial charge on any atom is -0.504 e. The van der Waals surface area contributed by atoms with Gasteiger partial charge in [-0.05, 0) is 56.8 Å². The molecule has 5 atom stereocenters. The normalized spacial score (nSPS) is 23.7. The Morgan fingerprint density at radius 3 is 2.54 bits per heavy atom. The van der Waals surface area contributed by atoms with E-state index in [0.29, 0.717) is 54.2 Å². The standard InChI is InChI=1S/C37H40N4O7/c1-19-13-23-14-25-27(16-38)41-26(32(40(25)4)30(23)33(44)34(19)45-5)15-24-31(37-36(46-18-47-37)20(2)35(24)48-21(3)42)28(41)17-39-29(43)12-11-22-9-7-6-8-10-22/h6-10,13,25-28,32,44H,11-12,14-15,17-18H2,1-5H3,(H,39,43)/t25-,26?,27-,28-,32?/m0/s1. The van der Waals surface area contributed by atoms with Crippen LogP contribution in [0.3, 0.4) is 0 Å². The van der Waals surface area contributed by atoms with Crippen LogP contribution in [-0.4, -0.2) is 72.4 Å². The number of nitrogens with zero attached hydrogens (tertiary/aromatic N) is 3. The molecule has 1 fully saturated rings. The van der Waals surface area contributed by atoms with Crippen LogP contribution in [0.4, 0.5) is 0 Å². The van der Waals surface area contributed by atoms with Crippen molar-refractivity contribution in [2.45, 2.75) is 76.7 Å². The van der Waals surface area contributed by atoms with Crippen molar-refractivity contribution < 1.29 is 33.6 Å². The van der Waals surface area contributed by atoms with Crippen molar-refractivity contribution in [3.05, 3.63) is 75.3 Å². The van der Waals surface area contributed by atoms with Gasteiger partial charge in [0.05, 0.1) is 25.3 Å². The number of nitrogens with one attached hydrogen (secondary N) is 1. The summed E-state index contributed by atoms with van der Waals surface area (Å²) in [6.07, 6.45) is 1.83. The van der Waals surface area contributed by atoms with Gasteiger partial charge in [-0.1, -0.05) is 36.4 Å². The first-order chi connectivity index (χ1) is 23.1. The number of fused-ring (bicyclic) bond motifs is 9. The summed E-state index contributed by atoms with van der Waals surface area (Å²) in [5.41, 5.74) is 5.82. The third-order valence-corrected chi connectivity index (χ3v) is 10.5. The van der Waals surface area contributed by atoms with Crippen LogP contribution in [0.15, 0.2) is 36.4 Å². The number of esters is 1. The number of rotatable bonds is 7. The maximum atomic E-state index is 13.4. The maximum Gasteiger partial charge on any atom is 0.308 e. The number of aryl methyl sites for hydroxylation is 2. The van der Waals surface area contributed by atoms with E-state index in [9.17, 15) is 20.0 Å². The van der Waals surface area contributed by atoms with E-state index >= 15 is 0 Å². The van der Waals surface area contributed by atoms with E-state index in [-0.39, 0.29) is 43.1 Å². The topological polar surface area (TPSA) is 134 Å². The summed E-state index contributed by atoms with van der Waals surface area (Å²) in [7, 11) is 3.55. The number of carbonyl (C=O) groups excluding carboxylic acids is 2. The van der Waals surface area contributed by atoms with Crippen LogP contribution in [0.5, 0.6) is 28.7 Å². The molecular formula is C37H40N4O7. The highest BCUT2D eigenvalue weighted by atomic mass is 16.7. The summed E-state index contributed by atoms with van der Waals surface area (Å²) in [5, 5.41) is 25.7. The Bertz CT molecular complexity index is 1840. The van der Waals surface area contributed by atoms with Crippen molar-refractivity contribution in [2.75, 3.05) is 27.5 Å². The van der Waals surface area contributed by atoms with E-state index in [1.807, 2.05) is 51.2 Å². The molecule has 0 aromatic heterocycles. The first-order valence-electron chi connectivity index (χ1n) is 16.4. The Morgan fingerprint density at radius 2 is 1.83 bits per heavy atom. The van der Waals surface area contributed by atoms with E-state index in [4.69, 9.17) is 18.9 Å². The summed E-state index contributed by atoms with van der Waals surface area (Å²) in [5.74, 6) is 1.38. The van der Waals surface area contributed by atoms with Gasteiger partial charge in [0, 0.05) is 54.2 Å². The van der Waals surface area contributed by atoms with Crippen molar-refractivity contribution >= 4 is 11.9 Å². The van der Waals surface area contributed by atoms with Crippen molar-refractivity contribution in [2.24, 2.45) is 0 Å². The first-order valence-corrected chi connectivity index (χ1v) is 16.4. The maximum absolute atomic E-state index is 13.4. The lowest BCUT2D eigenvalue weighted by molar-refractivity contribution is -0.132. The minimum absolute atomic E-state index is 0.00177. The molecule has 4 aliphatic heterocycles. The Hall–Kier alpha value is -4.79. The van der Waals surface area contributed by atoms with Crippen LogP contribution in [0.2, 0.25) is 0 Å². The predicted octanol–water partition coefficient (Wildman–Crippen LogP) is 4.19. The number of phenolic OH excluding ortho intramolecular Hbond substituents is 1. The Kier molecular flexibility index (Phi) is 8.17. The highest BCUT2D eigenvalue weighted by Crippen LogP contribution is 2.58. The first kappa shape index (κ1) is 31.8. The zero-order valence-corrected chi connectivity index (χ0v) is 27.8. The lowest BCUT2D eigenvalue weighted by Crippen LogP contribution is -2.68. The van der Waals surface area contributed by atoms with Gasteiger partial charge in [0.2, 0.25) is 12.7 Å². The Labute approximate surface area is 279 Å². The molecule has 2 N–H and O–H groups in total. The summed E-state index contributed by atoms with van der Waals surface area (Å²) in [6, 6.07) is 12.6. The summed E-state index contributed by atoms with van der Waals surface area (Å²) in [6.45, 7) is 5.31. The fourth-order valence-electron chi connectivity index (χ4n) is 8.51. The number of methoxy groups -OCH3 is 1. The van der Waals surface area contributed by atoms with Crippen LogP contribution in [0.25, 0.3) is 0 Å². The van der Waals surface area contributed by atoms with Gasteiger partial charge in [-0.15, -0.1) is 0 Å². The average molecular weight is 653 g/mol. The molecule has 11 heteroatoms. The van der Waals surface area contributed by atoms with Gasteiger partial charge in [-0.2, -0.15) is 5.26 Å². The second-order valence-corrected chi connectivity index (χ2v) is 13.1. The molecule has 1 saturated heterocycles. The number of carbonyl (C=O) groups is 2. The predicted molar refractivity (Wildman–Crippen MR) is 175 cm³/mol. The molecule has 4 aliphatic rings. The SMILES string of the molecule is COc1c(C)cc2c(c1O)C1C3Cc4c(OC(C)=O)c(C)c5c(c4[C@H](CNC(=O)CCc4ccccc4)N3[C@@H](C#N)[C@H](C2)N1C)OCO5. The largest absolute Gasteiger partial charge is 0.504 e. The van der Waals surface area contributed by atoms with E-state index in [1.165, 1.54) is 6.92 Å². The van der Waals surface area contributed by atoms with E-state index in [1.54, 1.807) is 7.11 Å². The number of likely N-dealkylation sites (N-methyl/N-ethyl adjacent to an activating group) is 1. The summed E-state index contributed by atoms with van der Waals surface area (Å²) >= 11 is 0. The highest BCUT2D eigenvalue weighted by Gasteiger charge is 2.56. The molecule has 0 saturated carbocycles. The number of hydrogen-bond acceptors (Lipinski definition) is 10. The molecule has 2 bridgehead atoms. The zero-order chi connectivity index (χ0) is 33.9. The van der Waals surface area contributed by atoms with Crippen molar-refractivity contribution in [3.8, 4) is 34.8 Å². The number of amides is 1. The fourth-order valence-corrected chi connectivity index (χ4v) is 8.51. The molecule has 0 aliphatic carbocycles. The van der Waals surface area contributed by atoms with Crippen molar-refractivity contribution in [1.82, 2.24) is 15.1 Å². The third kappa shape index (κ3) is 5.02. The molecular weight excluding hydrogens is 612 g/mol. The number of hydrogen-bond donors (Lipinski definition) is 2. The van der Waals surface area contributed by atoms with Gasteiger partial charge < -0.3 is 29.4 Å². The molecule has 2 unspecified atom stereocenters. The third-order valence-electron chi connectivity index (χ3n) is 10.5. The van der Waals surface area contributed by atoms with E-state index in [2.05, 4.69) is 27.3 Å². The zero-order valence-electron chi connectivity index (χ0n) is 27.8. The average Bonchev–Trinajstić information content (AvgIpc) is 3.56. The van der Waals surface area contributed by atoms with Crippen LogP contribution in [-0.2, 0) is 28.9 Å². The van der Waals surface area contributed by atoms with Gasteiger partial charge in [-0.3, -0.25) is 19.4 Å². The van der Waals surface area contributed by atoms with Crippen molar-refractivity contribution in [3.63, 3.8) is 0 Å². The van der Waals surface area contributed by atoms with Gasteiger partial charge in [0.25, 0.3) is 0 Å². The molecule has 3 aromatic rings. The molecule has 11 nitrogen and oxygen atoms in total. The molecule has 0 spiro atoms. The van der Waals surface area contributed by atoms with Crippen molar-refractivity contribution in [1.29, 1.82) is 5.26 Å². The van der Waals surface area contributed by atoms with Gasteiger partial charge in [-0.25, -0.2) is 0 Å². The van der Waals surface area contributed by atoms with Gasteiger partial charge in [0.15, 0.2) is 23.0 Å². The number of nitriles is 1. The monoisotopic (exact) mass is 652 g/mol. The number of phenols is 1. The Morgan fingerprint density at radius 1 is 1.08 bits per heavy atom. The van der Waals surface area contributed by atoms with Crippen LogP contribution in [0, 0.1) is 25.2 Å². The highest BCUT2D eigenvalue weighted by molar-refractivity contribution is 5.77. The van der Waals surface area contributed by atoms with Crippen LogP contribution >= 0.6 is 0 Å². The number of piperazine rings is 1. The molecule has 250 valence electrons. The lowest BCUT2D eigenvalue weighted by atomic mass is 9.71. The van der Waals surface area contributed by atoms with E-state index in [0.717, 1.165) is 33.4 Å². The summed E-state index contributed by atoms with van der Waals surface area (Å²) in [4.78, 5) is 30.2. The summed E-state index contributed by atoms with van der Waals surface area (Å²) < 4.78 is 23.6. The van der Waals surface area contributed by atoms with Crippen LogP contribution < -0.4 is 24.3 Å². The number of benzene rings is 3. The molecule has 48 heavy (non-hydrogen) atoms. The second kappa shape index (κ2) is 12.3. The smallest absolute Gasteiger partial charge is 0.308 e. The second-order valence-electron chi connectivity index (χ2n) is 13.1. The molecule has 3 aromatic carbocycles.